The van der Waals surface area contributed by atoms with Gasteiger partial charge in [0, 0.05) is 24.2 Å². The first kappa shape index (κ1) is 16.3. The minimum absolute atomic E-state index is 0.000328. The largest absolute Gasteiger partial charge is 0.497 e. The predicted molar refractivity (Wildman–Crippen MR) is 79.4 cm³/mol. The second-order valence-corrected chi connectivity index (χ2v) is 4.65. The maximum atomic E-state index is 12.2. The standard InChI is InChI=1S/C15H24N2O3/c1-4-5-6-12(10-16)17-15(18)11-7-13(19-2)9-14(8-11)20-3/h7-9,12H,4-6,10,16H2,1-3H3,(H,17,18). The SMILES string of the molecule is CCCCC(CN)NC(=O)c1cc(OC)cc(OC)c1. The highest BCUT2D eigenvalue weighted by molar-refractivity contribution is 5.95. The van der Waals surface area contributed by atoms with E-state index in [-0.39, 0.29) is 11.9 Å². The summed E-state index contributed by atoms with van der Waals surface area (Å²) >= 11 is 0. The van der Waals surface area contributed by atoms with Crippen molar-refractivity contribution >= 4 is 5.91 Å². The Morgan fingerprint density at radius 1 is 1.25 bits per heavy atom. The van der Waals surface area contributed by atoms with Crippen LogP contribution in [-0.4, -0.2) is 32.7 Å². The lowest BCUT2D eigenvalue weighted by atomic mass is 10.1. The van der Waals surface area contributed by atoms with Gasteiger partial charge in [-0.3, -0.25) is 4.79 Å². The third kappa shape index (κ3) is 4.74. The molecule has 112 valence electrons. The monoisotopic (exact) mass is 280 g/mol. The molecule has 0 aliphatic heterocycles. The molecule has 0 fully saturated rings. The summed E-state index contributed by atoms with van der Waals surface area (Å²) in [5.74, 6) is 1.02. The van der Waals surface area contributed by atoms with Gasteiger partial charge in [0.1, 0.15) is 11.5 Å². The molecule has 0 saturated heterocycles. The van der Waals surface area contributed by atoms with Crippen LogP contribution in [0.4, 0.5) is 0 Å². The Morgan fingerprint density at radius 3 is 2.30 bits per heavy atom. The number of ether oxygens (including phenoxy) is 2. The van der Waals surface area contributed by atoms with Crippen LogP contribution in [0.25, 0.3) is 0 Å². The van der Waals surface area contributed by atoms with Crippen molar-refractivity contribution in [1.29, 1.82) is 0 Å². The molecule has 1 atom stereocenters. The Kier molecular flexibility index (Phi) is 6.87. The number of nitrogens with two attached hydrogens (primary N) is 1. The van der Waals surface area contributed by atoms with E-state index in [0.717, 1.165) is 19.3 Å². The van der Waals surface area contributed by atoms with E-state index in [0.29, 0.717) is 23.6 Å². The Hall–Kier alpha value is -1.75. The van der Waals surface area contributed by atoms with Gasteiger partial charge >= 0.3 is 0 Å². The number of unbranched alkanes of at least 4 members (excludes halogenated alkanes) is 1. The maximum Gasteiger partial charge on any atom is 0.251 e. The topological polar surface area (TPSA) is 73.6 Å². The van der Waals surface area contributed by atoms with Crippen LogP contribution in [0.15, 0.2) is 18.2 Å². The highest BCUT2D eigenvalue weighted by Gasteiger charge is 2.14. The van der Waals surface area contributed by atoms with Crippen LogP contribution in [0.5, 0.6) is 11.5 Å². The molecule has 1 unspecified atom stereocenters. The van der Waals surface area contributed by atoms with Crippen LogP contribution in [0, 0.1) is 0 Å². The van der Waals surface area contributed by atoms with Gasteiger partial charge in [-0.25, -0.2) is 0 Å². The fraction of sp³-hybridized carbons (Fsp3) is 0.533. The quantitative estimate of drug-likeness (QED) is 0.763. The van der Waals surface area contributed by atoms with Crippen LogP contribution in [0.2, 0.25) is 0 Å². The number of carbonyl (C=O) groups is 1. The summed E-state index contributed by atoms with van der Waals surface area (Å²) in [4.78, 5) is 12.2. The Labute approximate surface area is 120 Å². The molecule has 1 rings (SSSR count). The highest BCUT2D eigenvalue weighted by atomic mass is 16.5. The summed E-state index contributed by atoms with van der Waals surface area (Å²) in [7, 11) is 3.11. The first-order valence-electron chi connectivity index (χ1n) is 6.88. The lowest BCUT2D eigenvalue weighted by Gasteiger charge is -2.17. The van der Waals surface area contributed by atoms with Gasteiger partial charge in [-0.1, -0.05) is 19.8 Å². The number of benzene rings is 1. The molecule has 20 heavy (non-hydrogen) atoms. The molecular weight excluding hydrogens is 256 g/mol. The molecule has 1 aromatic rings. The van der Waals surface area contributed by atoms with Crippen molar-refractivity contribution in [2.45, 2.75) is 32.2 Å². The van der Waals surface area contributed by atoms with Gasteiger partial charge in [-0.05, 0) is 18.6 Å². The lowest BCUT2D eigenvalue weighted by Crippen LogP contribution is -2.40. The van der Waals surface area contributed by atoms with E-state index in [9.17, 15) is 4.79 Å². The summed E-state index contributed by atoms with van der Waals surface area (Å²) in [6.45, 7) is 2.55. The Balaban J connectivity index is 2.79. The molecule has 0 aliphatic rings. The van der Waals surface area contributed by atoms with Gasteiger partial charge in [0.05, 0.1) is 14.2 Å². The molecule has 1 amide bonds. The number of hydrogen-bond acceptors (Lipinski definition) is 4. The number of methoxy groups -OCH3 is 2. The first-order chi connectivity index (χ1) is 9.64. The van der Waals surface area contributed by atoms with Crippen LogP contribution >= 0.6 is 0 Å². The van der Waals surface area contributed by atoms with Gasteiger partial charge < -0.3 is 20.5 Å². The number of carbonyl (C=O) groups excluding carboxylic acids is 1. The molecule has 0 aliphatic carbocycles. The summed E-state index contributed by atoms with van der Waals surface area (Å²) in [5.41, 5.74) is 6.20. The van der Waals surface area contributed by atoms with Gasteiger partial charge in [-0.15, -0.1) is 0 Å². The number of rotatable bonds is 8. The molecule has 3 N–H and O–H groups in total. The smallest absolute Gasteiger partial charge is 0.251 e. The third-order valence-electron chi connectivity index (χ3n) is 3.14. The van der Waals surface area contributed by atoms with Gasteiger partial charge in [0.15, 0.2) is 0 Å². The molecule has 0 heterocycles. The molecule has 0 bridgehead atoms. The minimum Gasteiger partial charge on any atom is -0.497 e. The fourth-order valence-corrected chi connectivity index (χ4v) is 1.91. The van der Waals surface area contributed by atoms with Gasteiger partial charge in [0.2, 0.25) is 0 Å². The van der Waals surface area contributed by atoms with Gasteiger partial charge in [-0.2, -0.15) is 0 Å². The maximum absolute atomic E-state index is 12.2. The van der Waals surface area contributed by atoms with Crippen LogP contribution in [0.1, 0.15) is 36.5 Å². The second-order valence-electron chi connectivity index (χ2n) is 4.65. The van der Waals surface area contributed by atoms with Crippen molar-refractivity contribution in [2.24, 2.45) is 5.73 Å². The Bertz CT molecular complexity index is 413. The van der Waals surface area contributed by atoms with E-state index in [1.54, 1.807) is 32.4 Å². The van der Waals surface area contributed by atoms with Crippen molar-refractivity contribution in [3.05, 3.63) is 23.8 Å². The van der Waals surface area contributed by atoms with E-state index >= 15 is 0 Å². The van der Waals surface area contributed by atoms with Crippen LogP contribution < -0.4 is 20.5 Å². The lowest BCUT2D eigenvalue weighted by molar-refractivity contribution is 0.0935. The highest BCUT2D eigenvalue weighted by Crippen LogP contribution is 2.22. The average molecular weight is 280 g/mol. The number of nitrogens with one attached hydrogen (secondary N) is 1. The second kappa shape index (κ2) is 8.43. The first-order valence-corrected chi connectivity index (χ1v) is 6.88. The van der Waals surface area contributed by atoms with Crippen molar-refractivity contribution in [2.75, 3.05) is 20.8 Å². The minimum atomic E-state index is -0.159. The van der Waals surface area contributed by atoms with E-state index in [2.05, 4.69) is 12.2 Å². The van der Waals surface area contributed by atoms with Crippen molar-refractivity contribution in [3.63, 3.8) is 0 Å². The molecule has 1 aromatic carbocycles. The molecule has 0 spiro atoms. The zero-order valence-corrected chi connectivity index (χ0v) is 12.4. The molecule has 0 radical (unpaired) electrons. The summed E-state index contributed by atoms with van der Waals surface area (Å²) < 4.78 is 10.3. The van der Waals surface area contributed by atoms with Gasteiger partial charge in [0.25, 0.3) is 5.91 Å². The molecule has 5 heteroatoms. The molecular formula is C15H24N2O3. The van der Waals surface area contributed by atoms with Crippen LogP contribution in [0.3, 0.4) is 0 Å². The third-order valence-corrected chi connectivity index (χ3v) is 3.14. The van der Waals surface area contributed by atoms with Crippen molar-refractivity contribution < 1.29 is 14.3 Å². The fourth-order valence-electron chi connectivity index (χ4n) is 1.91. The molecule has 0 saturated carbocycles. The molecule has 5 nitrogen and oxygen atoms in total. The van der Waals surface area contributed by atoms with Crippen molar-refractivity contribution in [1.82, 2.24) is 5.32 Å². The van der Waals surface area contributed by atoms with Crippen LogP contribution in [-0.2, 0) is 0 Å². The predicted octanol–water partition coefficient (Wildman–Crippen LogP) is 1.95. The zero-order chi connectivity index (χ0) is 15.0. The Morgan fingerprint density at radius 2 is 1.85 bits per heavy atom. The van der Waals surface area contributed by atoms with E-state index < -0.39 is 0 Å². The summed E-state index contributed by atoms with van der Waals surface area (Å²) in [6, 6.07) is 5.10. The molecule has 0 aromatic heterocycles. The number of amides is 1. The summed E-state index contributed by atoms with van der Waals surface area (Å²) in [5, 5.41) is 2.95. The zero-order valence-electron chi connectivity index (χ0n) is 12.4. The van der Waals surface area contributed by atoms with E-state index in [1.165, 1.54) is 0 Å². The average Bonchev–Trinajstić information content (AvgIpc) is 2.50. The van der Waals surface area contributed by atoms with E-state index in [1.807, 2.05) is 0 Å². The van der Waals surface area contributed by atoms with E-state index in [4.69, 9.17) is 15.2 Å². The normalized spacial score (nSPS) is 11.8. The van der Waals surface area contributed by atoms with Crippen molar-refractivity contribution in [3.8, 4) is 11.5 Å². The summed E-state index contributed by atoms with van der Waals surface area (Å²) in [6.07, 6.45) is 3.02. The number of hydrogen-bond donors (Lipinski definition) is 2.